The molecule has 0 radical (unpaired) electrons. The van der Waals surface area contributed by atoms with Gasteiger partial charge in [-0.15, -0.1) is 5.10 Å². The van der Waals surface area contributed by atoms with Gasteiger partial charge in [0, 0.05) is 41.6 Å². The maximum atomic E-state index is 13.9. The predicted octanol–water partition coefficient (Wildman–Crippen LogP) is 4.19. The molecule has 2 aromatic heterocycles. The lowest BCUT2D eigenvalue weighted by Gasteiger charge is -2.29. The van der Waals surface area contributed by atoms with E-state index in [2.05, 4.69) is 47.8 Å². The molecule has 0 bridgehead atoms. The number of benzene rings is 2. The standard InChI is InChI=1S/C23H22FN7O/c1-15-19(24)6-5-18-20(14-26-30-22(15)18)28-21-7-8-25-23(29-21)27-16-3-2-4-17(13-16)31-9-11-32-12-10-31/h2-8,13-14H,9-12H2,1H3,(H2,25,27,28,29,30). The highest BCUT2D eigenvalue weighted by Gasteiger charge is 2.12. The highest BCUT2D eigenvalue weighted by molar-refractivity contribution is 5.93. The summed E-state index contributed by atoms with van der Waals surface area (Å²) in [7, 11) is 0. The summed E-state index contributed by atoms with van der Waals surface area (Å²) in [6.07, 6.45) is 3.27. The number of aromatic nitrogens is 4. The van der Waals surface area contributed by atoms with Gasteiger partial charge in [-0.05, 0) is 43.3 Å². The van der Waals surface area contributed by atoms with Crippen molar-refractivity contribution in [2.24, 2.45) is 0 Å². The molecule has 1 aliphatic rings. The molecule has 2 aromatic carbocycles. The van der Waals surface area contributed by atoms with E-state index >= 15 is 0 Å². The first-order chi connectivity index (χ1) is 15.7. The zero-order valence-corrected chi connectivity index (χ0v) is 17.5. The molecule has 1 saturated heterocycles. The van der Waals surface area contributed by atoms with Gasteiger partial charge < -0.3 is 20.3 Å². The topological polar surface area (TPSA) is 88.1 Å². The highest BCUT2D eigenvalue weighted by atomic mass is 19.1. The Morgan fingerprint density at radius 3 is 2.81 bits per heavy atom. The second kappa shape index (κ2) is 8.72. The number of halogens is 1. The van der Waals surface area contributed by atoms with Crippen molar-refractivity contribution in [3.05, 3.63) is 66.2 Å². The summed E-state index contributed by atoms with van der Waals surface area (Å²) in [4.78, 5) is 11.2. The van der Waals surface area contributed by atoms with Crippen molar-refractivity contribution in [1.29, 1.82) is 0 Å². The third-order valence-electron chi connectivity index (χ3n) is 5.40. The van der Waals surface area contributed by atoms with Crippen LogP contribution in [0.15, 0.2) is 54.9 Å². The Morgan fingerprint density at radius 2 is 1.94 bits per heavy atom. The minimum absolute atomic E-state index is 0.309. The van der Waals surface area contributed by atoms with Crippen LogP contribution in [0.1, 0.15) is 5.56 Å². The van der Waals surface area contributed by atoms with E-state index in [1.165, 1.54) is 6.07 Å². The first-order valence-electron chi connectivity index (χ1n) is 10.4. The van der Waals surface area contributed by atoms with Crippen LogP contribution in [-0.2, 0) is 4.74 Å². The molecule has 9 heteroatoms. The average molecular weight is 431 g/mol. The maximum absolute atomic E-state index is 13.9. The van der Waals surface area contributed by atoms with Crippen molar-refractivity contribution in [2.45, 2.75) is 6.92 Å². The van der Waals surface area contributed by atoms with Crippen molar-refractivity contribution in [3.8, 4) is 0 Å². The summed E-state index contributed by atoms with van der Waals surface area (Å²) < 4.78 is 19.3. The first kappa shape index (κ1) is 20.1. The molecule has 3 heterocycles. The van der Waals surface area contributed by atoms with Gasteiger partial charge >= 0.3 is 0 Å². The lowest BCUT2D eigenvalue weighted by molar-refractivity contribution is 0.122. The zero-order valence-electron chi connectivity index (χ0n) is 17.5. The number of rotatable bonds is 5. The van der Waals surface area contributed by atoms with E-state index < -0.39 is 0 Å². The van der Waals surface area contributed by atoms with Crippen molar-refractivity contribution >= 4 is 39.7 Å². The van der Waals surface area contributed by atoms with E-state index in [1.807, 2.05) is 12.1 Å². The van der Waals surface area contributed by atoms with Gasteiger partial charge in [-0.2, -0.15) is 10.1 Å². The predicted molar refractivity (Wildman–Crippen MR) is 122 cm³/mol. The normalized spacial score (nSPS) is 13.9. The number of ether oxygens (including phenoxy) is 1. The molecule has 0 amide bonds. The van der Waals surface area contributed by atoms with E-state index in [0.29, 0.717) is 28.5 Å². The number of nitrogens with one attached hydrogen (secondary N) is 2. The van der Waals surface area contributed by atoms with Crippen LogP contribution in [0.25, 0.3) is 10.9 Å². The minimum Gasteiger partial charge on any atom is -0.378 e. The molecule has 0 saturated carbocycles. The molecule has 0 aliphatic carbocycles. The Hall–Kier alpha value is -3.85. The summed E-state index contributed by atoms with van der Waals surface area (Å²) >= 11 is 0. The molecule has 1 fully saturated rings. The third kappa shape index (κ3) is 4.15. The summed E-state index contributed by atoms with van der Waals surface area (Å²) in [6.45, 7) is 4.90. The smallest absolute Gasteiger partial charge is 0.229 e. The molecule has 8 nitrogen and oxygen atoms in total. The molecule has 0 spiro atoms. The van der Waals surface area contributed by atoms with Gasteiger partial charge in [0.2, 0.25) is 5.95 Å². The van der Waals surface area contributed by atoms with Crippen LogP contribution in [-0.4, -0.2) is 46.5 Å². The average Bonchev–Trinajstić information content (AvgIpc) is 2.83. The molecule has 5 rings (SSSR count). The van der Waals surface area contributed by atoms with Gasteiger partial charge in [0.05, 0.1) is 25.1 Å². The van der Waals surface area contributed by atoms with Crippen molar-refractivity contribution in [1.82, 2.24) is 20.2 Å². The maximum Gasteiger partial charge on any atom is 0.229 e. The van der Waals surface area contributed by atoms with Gasteiger partial charge in [-0.3, -0.25) is 0 Å². The molecule has 32 heavy (non-hydrogen) atoms. The Bertz CT molecular complexity index is 1260. The van der Waals surface area contributed by atoms with Crippen LogP contribution >= 0.6 is 0 Å². The SMILES string of the molecule is Cc1c(F)ccc2c(Nc3ccnc(Nc4cccc(N5CCOCC5)c4)n3)cnnc12. The number of hydrogen-bond donors (Lipinski definition) is 2. The summed E-state index contributed by atoms with van der Waals surface area (Å²) in [6, 6.07) is 13.0. The van der Waals surface area contributed by atoms with Gasteiger partial charge in [-0.25, -0.2) is 9.37 Å². The molecular weight excluding hydrogens is 409 g/mol. The fourth-order valence-electron chi connectivity index (χ4n) is 3.69. The summed E-state index contributed by atoms with van der Waals surface area (Å²) in [5, 5.41) is 15.4. The van der Waals surface area contributed by atoms with E-state index in [-0.39, 0.29) is 5.82 Å². The largest absolute Gasteiger partial charge is 0.378 e. The fraction of sp³-hybridized carbons (Fsp3) is 0.217. The van der Waals surface area contributed by atoms with Crippen LogP contribution in [0.5, 0.6) is 0 Å². The minimum atomic E-state index is -0.309. The van der Waals surface area contributed by atoms with Crippen molar-refractivity contribution in [2.75, 3.05) is 41.8 Å². The number of morpholine rings is 1. The van der Waals surface area contributed by atoms with E-state index in [9.17, 15) is 4.39 Å². The van der Waals surface area contributed by atoms with Crippen LogP contribution in [0.4, 0.5) is 33.2 Å². The van der Waals surface area contributed by atoms with Crippen LogP contribution in [0.2, 0.25) is 0 Å². The van der Waals surface area contributed by atoms with E-state index in [4.69, 9.17) is 4.74 Å². The molecule has 4 aromatic rings. The van der Waals surface area contributed by atoms with Crippen LogP contribution < -0.4 is 15.5 Å². The summed E-state index contributed by atoms with van der Waals surface area (Å²) in [5.41, 5.74) is 3.70. The molecule has 1 aliphatic heterocycles. The lowest BCUT2D eigenvalue weighted by atomic mass is 10.1. The Labute approximate surface area is 184 Å². The van der Waals surface area contributed by atoms with E-state index in [1.54, 1.807) is 31.5 Å². The second-order valence-electron chi connectivity index (χ2n) is 7.49. The monoisotopic (exact) mass is 431 g/mol. The number of nitrogens with zero attached hydrogens (tertiary/aromatic N) is 5. The highest BCUT2D eigenvalue weighted by Crippen LogP contribution is 2.27. The first-order valence-corrected chi connectivity index (χ1v) is 10.4. The molecule has 2 N–H and O–H groups in total. The third-order valence-corrected chi connectivity index (χ3v) is 5.40. The Morgan fingerprint density at radius 1 is 1.06 bits per heavy atom. The quantitative estimate of drug-likeness (QED) is 0.486. The van der Waals surface area contributed by atoms with Gasteiger partial charge in [0.15, 0.2) is 0 Å². The Kier molecular flexibility index (Phi) is 5.47. The van der Waals surface area contributed by atoms with Gasteiger partial charge in [0.25, 0.3) is 0 Å². The molecule has 0 atom stereocenters. The second-order valence-corrected chi connectivity index (χ2v) is 7.49. The number of anilines is 5. The number of fused-ring (bicyclic) bond motifs is 1. The Balaban J connectivity index is 1.37. The summed E-state index contributed by atoms with van der Waals surface area (Å²) in [5.74, 6) is 0.738. The van der Waals surface area contributed by atoms with Crippen molar-refractivity contribution in [3.63, 3.8) is 0 Å². The molecule has 0 unspecified atom stereocenters. The molecular formula is C23H22FN7O. The number of aryl methyl sites for hydroxylation is 1. The van der Waals surface area contributed by atoms with Crippen LogP contribution in [0.3, 0.4) is 0 Å². The van der Waals surface area contributed by atoms with Crippen molar-refractivity contribution < 1.29 is 9.13 Å². The zero-order chi connectivity index (χ0) is 21.9. The number of hydrogen-bond acceptors (Lipinski definition) is 8. The molecule has 162 valence electrons. The fourth-order valence-corrected chi connectivity index (χ4v) is 3.69. The van der Waals surface area contributed by atoms with Crippen LogP contribution in [0, 0.1) is 12.7 Å². The van der Waals surface area contributed by atoms with E-state index in [0.717, 1.165) is 43.1 Å². The van der Waals surface area contributed by atoms with Gasteiger partial charge in [0.1, 0.15) is 17.2 Å². The lowest BCUT2D eigenvalue weighted by Crippen LogP contribution is -2.36. The van der Waals surface area contributed by atoms with Gasteiger partial charge in [-0.1, -0.05) is 6.07 Å².